The van der Waals surface area contributed by atoms with Crippen LogP contribution in [0.5, 0.6) is 0 Å². The molecule has 0 N–H and O–H groups in total. The lowest BCUT2D eigenvalue weighted by molar-refractivity contribution is -0.181. The van der Waals surface area contributed by atoms with Gasteiger partial charge in [-0.05, 0) is 46.5 Å². The number of epoxide rings is 1. The van der Waals surface area contributed by atoms with E-state index in [9.17, 15) is 9.59 Å². The Morgan fingerprint density at radius 2 is 1.97 bits per heavy atom. The quantitative estimate of drug-likeness (QED) is 0.369. The van der Waals surface area contributed by atoms with Crippen LogP contribution in [0.1, 0.15) is 66.7 Å². The summed E-state index contributed by atoms with van der Waals surface area (Å²) in [6, 6.07) is 0. The molecule has 3 aliphatic rings. The Labute approximate surface area is 179 Å². The lowest BCUT2D eigenvalue weighted by atomic mass is 9.74. The number of allylic oxidation sites excluding steroid dienone is 2. The van der Waals surface area contributed by atoms with Crippen molar-refractivity contribution in [2.24, 2.45) is 11.8 Å². The minimum Gasteiger partial charge on any atom is -0.462 e. The predicted molar refractivity (Wildman–Crippen MR) is 112 cm³/mol. The maximum Gasteiger partial charge on any atom is 0.305 e. The molecule has 1 aliphatic carbocycles. The van der Waals surface area contributed by atoms with Crippen LogP contribution in [0.25, 0.3) is 0 Å². The number of fused-ring (bicyclic) bond motifs is 1. The molecular formula is C24H34O6. The monoisotopic (exact) mass is 418 g/mol. The van der Waals surface area contributed by atoms with Crippen LogP contribution < -0.4 is 0 Å². The third-order valence-electron chi connectivity index (χ3n) is 6.33. The van der Waals surface area contributed by atoms with E-state index in [0.717, 1.165) is 36.8 Å². The van der Waals surface area contributed by atoms with Gasteiger partial charge in [-0.25, -0.2) is 0 Å². The van der Waals surface area contributed by atoms with Crippen LogP contribution in [0.2, 0.25) is 0 Å². The highest BCUT2D eigenvalue weighted by Crippen LogP contribution is 2.46. The maximum absolute atomic E-state index is 11.9. The SMILES string of the molecule is C=C1CCC=C(C)CC[C@@H]2C([C@H](C[C@H]3OC3(C)C)OC(C)=O)=CO[C@@H](OC(C)=O)[C@@H]12. The molecule has 0 aromatic heterocycles. The Balaban J connectivity index is 1.94. The van der Waals surface area contributed by atoms with E-state index < -0.39 is 12.4 Å². The van der Waals surface area contributed by atoms with E-state index in [1.807, 2.05) is 13.8 Å². The van der Waals surface area contributed by atoms with Gasteiger partial charge in [0.1, 0.15) is 6.10 Å². The molecule has 0 unspecified atom stereocenters. The molecular weight excluding hydrogens is 384 g/mol. The van der Waals surface area contributed by atoms with Gasteiger partial charge in [-0.3, -0.25) is 9.59 Å². The summed E-state index contributed by atoms with van der Waals surface area (Å²) in [6.45, 7) is 13.3. The zero-order valence-electron chi connectivity index (χ0n) is 18.7. The van der Waals surface area contributed by atoms with Gasteiger partial charge in [0.15, 0.2) is 0 Å². The summed E-state index contributed by atoms with van der Waals surface area (Å²) < 4.78 is 22.9. The van der Waals surface area contributed by atoms with Crippen LogP contribution in [-0.2, 0) is 28.5 Å². The Morgan fingerprint density at radius 1 is 1.27 bits per heavy atom. The predicted octanol–water partition coefficient (Wildman–Crippen LogP) is 4.60. The fourth-order valence-corrected chi connectivity index (χ4v) is 4.58. The number of carbonyl (C=O) groups excluding carboxylic acids is 2. The van der Waals surface area contributed by atoms with Crippen molar-refractivity contribution < 1.29 is 28.5 Å². The highest BCUT2D eigenvalue weighted by atomic mass is 16.7. The fraction of sp³-hybridized carbons (Fsp3) is 0.667. The second kappa shape index (κ2) is 8.96. The van der Waals surface area contributed by atoms with Crippen LogP contribution in [0, 0.1) is 11.8 Å². The molecule has 1 saturated heterocycles. The van der Waals surface area contributed by atoms with E-state index in [0.29, 0.717) is 6.42 Å². The molecule has 166 valence electrons. The van der Waals surface area contributed by atoms with E-state index in [1.54, 1.807) is 6.26 Å². The average molecular weight is 419 g/mol. The summed E-state index contributed by atoms with van der Waals surface area (Å²) >= 11 is 0. The first-order valence-corrected chi connectivity index (χ1v) is 10.8. The van der Waals surface area contributed by atoms with Gasteiger partial charge >= 0.3 is 11.9 Å². The highest BCUT2D eigenvalue weighted by Gasteiger charge is 2.51. The van der Waals surface area contributed by atoms with Gasteiger partial charge in [-0.2, -0.15) is 0 Å². The summed E-state index contributed by atoms with van der Waals surface area (Å²) in [5, 5.41) is 0. The van der Waals surface area contributed by atoms with E-state index in [-0.39, 0.29) is 35.5 Å². The van der Waals surface area contributed by atoms with Crippen molar-refractivity contribution in [3.8, 4) is 0 Å². The number of hydrogen-bond donors (Lipinski definition) is 0. The number of hydrogen-bond acceptors (Lipinski definition) is 6. The Kier molecular flexibility index (Phi) is 6.75. The molecule has 1 fully saturated rings. The summed E-state index contributed by atoms with van der Waals surface area (Å²) in [7, 11) is 0. The molecule has 0 aromatic rings. The molecule has 0 amide bonds. The van der Waals surface area contributed by atoms with Crippen molar-refractivity contribution in [1.29, 1.82) is 0 Å². The summed E-state index contributed by atoms with van der Waals surface area (Å²) in [6.07, 6.45) is 6.77. The first-order valence-electron chi connectivity index (χ1n) is 10.8. The van der Waals surface area contributed by atoms with Crippen molar-refractivity contribution in [3.05, 3.63) is 35.6 Å². The van der Waals surface area contributed by atoms with Gasteiger partial charge in [0.05, 0.1) is 23.9 Å². The maximum atomic E-state index is 11.9. The molecule has 30 heavy (non-hydrogen) atoms. The largest absolute Gasteiger partial charge is 0.462 e. The number of ether oxygens (including phenoxy) is 4. The van der Waals surface area contributed by atoms with Gasteiger partial charge in [0.2, 0.25) is 6.29 Å². The van der Waals surface area contributed by atoms with Crippen LogP contribution >= 0.6 is 0 Å². The van der Waals surface area contributed by atoms with E-state index >= 15 is 0 Å². The minimum atomic E-state index is -0.714. The summed E-state index contributed by atoms with van der Waals surface area (Å²) in [5.41, 5.74) is 3.03. The van der Waals surface area contributed by atoms with Gasteiger partial charge in [-0.15, -0.1) is 0 Å². The molecule has 5 atom stereocenters. The first kappa shape index (κ1) is 22.6. The smallest absolute Gasteiger partial charge is 0.305 e. The molecule has 0 spiro atoms. The molecule has 6 heteroatoms. The Hall–Kier alpha value is -2.08. The van der Waals surface area contributed by atoms with E-state index in [2.05, 4.69) is 19.6 Å². The molecule has 0 radical (unpaired) electrons. The minimum absolute atomic E-state index is 0.00302. The van der Waals surface area contributed by atoms with Gasteiger partial charge in [-0.1, -0.05) is 23.8 Å². The second-order valence-corrected chi connectivity index (χ2v) is 9.19. The Morgan fingerprint density at radius 3 is 2.57 bits per heavy atom. The molecule has 0 aromatic carbocycles. The number of esters is 2. The lowest BCUT2D eigenvalue weighted by Crippen LogP contribution is -2.41. The number of carbonyl (C=O) groups is 2. The fourth-order valence-electron chi connectivity index (χ4n) is 4.58. The molecule has 0 saturated carbocycles. The van der Waals surface area contributed by atoms with Crippen LogP contribution in [0.15, 0.2) is 35.6 Å². The van der Waals surface area contributed by atoms with Crippen molar-refractivity contribution in [2.75, 3.05) is 0 Å². The highest BCUT2D eigenvalue weighted by molar-refractivity contribution is 5.67. The molecule has 2 heterocycles. The molecule has 3 rings (SSSR count). The average Bonchev–Trinajstić information content (AvgIpc) is 3.21. The summed E-state index contributed by atoms with van der Waals surface area (Å²) in [4.78, 5) is 23.6. The third-order valence-corrected chi connectivity index (χ3v) is 6.33. The van der Waals surface area contributed by atoms with Crippen LogP contribution in [-0.4, -0.2) is 36.0 Å². The van der Waals surface area contributed by atoms with Crippen LogP contribution in [0.3, 0.4) is 0 Å². The van der Waals surface area contributed by atoms with Crippen LogP contribution in [0.4, 0.5) is 0 Å². The van der Waals surface area contributed by atoms with E-state index in [1.165, 1.54) is 19.4 Å². The standard InChI is InChI=1S/C24H34O6/c1-14-8-7-9-15(2)22-18(11-10-14)19(13-27-23(22)29-17(4)26)20(28-16(3)25)12-21-24(5,6)30-21/h8,13,18,20-23H,2,7,9-12H2,1,3-6H3/t18-,20+,21-,22+,23+/m1/s1. The van der Waals surface area contributed by atoms with Crippen molar-refractivity contribution >= 4 is 11.9 Å². The molecule has 2 aliphatic heterocycles. The normalized spacial score (nSPS) is 31.4. The van der Waals surface area contributed by atoms with Crippen molar-refractivity contribution in [2.45, 2.75) is 90.8 Å². The summed E-state index contributed by atoms with van der Waals surface area (Å²) in [5.74, 6) is -0.902. The van der Waals surface area contributed by atoms with Gasteiger partial charge < -0.3 is 18.9 Å². The van der Waals surface area contributed by atoms with Gasteiger partial charge in [0.25, 0.3) is 0 Å². The zero-order chi connectivity index (χ0) is 22.1. The lowest BCUT2D eigenvalue weighted by Gasteiger charge is -2.40. The first-order chi connectivity index (χ1) is 14.1. The topological polar surface area (TPSA) is 74.4 Å². The Bertz CT molecular complexity index is 762. The van der Waals surface area contributed by atoms with Gasteiger partial charge in [0, 0.05) is 31.8 Å². The number of rotatable bonds is 5. The van der Waals surface area contributed by atoms with E-state index in [4.69, 9.17) is 18.9 Å². The third kappa shape index (κ3) is 5.34. The molecule has 6 nitrogen and oxygen atoms in total. The zero-order valence-corrected chi connectivity index (χ0v) is 18.7. The van der Waals surface area contributed by atoms with Crippen molar-refractivity contribution in [3.63, 3.8) is 0 Å². The molecule has 0 bridgehead atoms. The second-order valence-electron chi connectivity index (χ2n) is 9.19. The van der Waals surface area contributed by atoms with Crippen molar-refractivity contribution in [1.82, 2.24) is 0 Å².